The van der Waals surface area contributed by atoms with Gasteiger partial charge in [0.05, 0.1) is 0 Å². The van der Waals surface area contributed by atoms with Crippen LogP contribution in [0.3, 0.4) is 0 Å². The van der Waals surface area contributed by atoms with Gasteiger partial charge in [-0.05, 0) is 69.5 Å². The first-order valence-electron chi connectivity index (χ1n) is 8.17. The summed E-state index contributed by atoms with van der Waals surface area (Å²) in [5.41, 5.74) is 0.584. The molecule has 2 atom stereocenters. The van der Waals surface area contributed by atoms with E-state index in [0.29, 0.717) is 5.41 Å². The minimum atomic E-state index is 0.584. The fourth-order valence-corrected chi connectivity index (χ4v) is 3.94. The second kappa shape index (κ2) is 6.91. The molecule has 2 saturated heterocycles. The molecule has 1 N–H and O–H groups in total. The summed E-state index contributed by atoms with van der Waals surface area (Å²) < 4.78 is 0. The molecule has 0 aromatic carbocycles. The lowest BCUT2D eigenvalue weighted by atomic mass is 9.76. The van der Waals surface area contributed by atoms with Gasteiger partial charge in [0.1, 0.15) is 0 Å². The summed E-state index contributed by atoms with van der Waals surface area (Å²) in [7, 11) is 0. The predicted octanol–water partition coefficient (Wildman–Crippen LogP) is 3.28. The van der Waals surface area contributed by atoms with Crippen LogP contribution in [0.5, 0.6) is 0 Å². The Morgan fingerprint density at radius 3 is 2.83 bits per heavy atom. The molecule has 0 bridgehead atoms. The Morgan fingerprint density at radius 2 is 2.11 bits per heavy atom. The third-order valence-electron chi connectivity index (χ3n) is 5.01. The van der Waals surface area contributed by atoms with Crippen LogP contribution in [0.25, 0.3) is 0 Å². The lowest BCUT2D eigenvalue weighted by Gasteiger charge is -2.41. The second-order valence-corrected chi connectivity index (χ2v) is 6.84. The van der Waals surface area contributed by atoms with Crippen molar-refractivity contribution in [3.8, 4) is 0 Å². The van der Waals surface area contributed by atoms with E-state index in [-0.39, 0.29) is 0 Å². The first-order valence-corrected chi connectivity index (χ1v) is 8.17. The van der Waals surface area contributed by atoms with Crippen molar-refractivity contribution in [2.75, 3.05) is 32.7 Å². The third-order valence-corrected chi connectivity index (χ3v) is 5.01. The molecule has 0 aromatic rings. The first-order chi connectivity index (χ1) is 8.74. The van der Waals surface area contributed by atoms with Crippen LogP contribution >= 0.6 is 0 Å². The maximum Gasteiger partial charge on any atom is 0.00501 e. The fraction of sp³-hybridized carbons (Fsp3) is 1.00. The lowest BCUT2D eigenvalue weighted by molar-refractivity contribution is 0.107. The van der Waals surface area contributed by atoms with Crippen molar-refractivity contribution < 1.29 is 0 Å². The third kappa shape index (κ3) is 3.96. The van der Waals surface area contributed by atoms with E-state index in [0.717, 1.165) is 5.92 Å². The van der Waals surface area contributed by atoms with E-state index in [1.165, 1.54) is 77.7 Å². The van der Waals surface area contributed by atoms with Crippen LogP contribution < -0.4 is 5.32 Å². The van der Waals surface area contributed by atoms with Crippen molar-refractivity contribution in [1.29, 1.82) is 0 Å². The molecular weight excluding hydrogens is 220 g/mol. The van der Waals surface area contributed by atoms with Crippen LogP contribution in [0, 0.1) is 11.3 Å². The monoisotopic (exact) mass is 252 g/mol. The topological polar surface area (TPSA) is 15.3 Å². The number of nitrogens with one attached hydrogen (secondary N) is 1. The molecule has 18 heavy (non-hydrogen) atoms. The van der Waals surface area contributed by atoms with Crippen LogP contribution in [0.15, 0.2) is 0 Å². The lowest BCUT2D eigenvalue weighted by Crippen LogP contribution is -2.47. The zero-order chi connectivity index (χ0) is 12.8. The smallest absolute Gasteiger partial charge is 0.00501 e. The number of nitrogens with zero attached hydrogens (tertiary/aromatic N) is 1. The minimum Gasteiger partial charge on any atom is -0.316 e. The molecule has 2 heterocycles. The average Bonchev–Trinajstić information content (AvgIpc) is 2.56. The maximum atomic E-state index is 3.65. The van der Waals surface area contributed by atoms with Crippen LogP contribution in [-0.4, -0.2) is 37.6 Å². The van der Waals surface area contributed by atoms with Gasteiger partial charge in [0.15, 0.2) is 0 Å². The number of piperidine rings is 1. The maximum absolute atomic E-state index is 3.65. The van der Waals surface area contributed by atoms with E-state index in [2.05, 4.69) is 24.1 Å². The average molecular weight is 252 g/mol. The molecule has 2 heteroatoms. The summed E-state index contributed by atoms with van der Waals surface area (Å²) in [6.45, 7) is 11.3. The molecule has 2 unspecified atom stereocenters. The Labute approximate surface area is 114 Å². The van der Waals surface area contributed by atoms with Crippen molar-refractivity contribution >= 4 is 0 Å². The molecule has 106 valence electrons. The van der Waals surface area contributed by atoms with Gasteiger partial charge in [-0.1, -0.05) is 20.3 Å². The molecule has 2 fully saturated rings. The van der Waals surface area contributed by atoms with Crippen LogP contribution in [0.4, 0.5) is 0 Å². The molecular formula is C16H32N2. The van der Waals surface area contributed by atoms with Gasteiger partial charge >= 0.3 is 0 Å². The predicted molar refractivity (Wildman–Crippen MR) is 78.9 cm³/mol. The summed E-state index contributed by atoms with van der Waals surface area (Å²) in [6, 6.07) is 0. The largest absolute Gasteiger partial charge is 0.316 e. The zero-order valence-electron chi connectivity index (χ0n) is 12.5. The van der Waals surface area contributed by atoms with E-state index in [1.807, 2.05) is 0 Å². The van der Waals surface area contributed by atoms with Gasteiger partial charge in [0.25, 0.3) is 0 Å². The number of likely N-dealkylation sites (tertiary alicyclic amines) is 1. The zero-order valence-corrected chi connectivity index (χ0v) is 12.5. The van der Waals surface area contributed by atoms with E-state index in [9.17, 15) is 0 Å². The highest BCUT2D eigenvalue weighted by Crippen LogP contribution is 2.33. The standard InChI is InChI=1S/C16H32N2/c1-3-8-16(9-5-10-17-13-16)14-18-11-4-6-15(2)7-12-18/h15,17H,3-14H2,1-2H3. The Kier molecular flexibility index (Phi) is 5.50. The SMILES string of the molecule is CCCC1(CN2CCCC(C)CC2)CCCNC1. The molecule has 2 nitrogen and oxygen atoms in total. The van der Waals surface area contributed by atoms with Gasteiger partial charge in [0.2, 0.25) is 0 Å². The van der Waals surface area contributed by atoms with Crippen molar-refractivity contribution in [3.63, 3.8) is 0 Å². The van der Waals surface area contributed by atoms with Crippen LogP contribution in [0.2, 0.25) is 0 Å². The van der Waals surface area contributed by atoms with Crippen LogP contribution in [0.1, 0.15) is 58.8 Å². The molecule has 0 radical (unpaired) electrons. The van der Waals surface area contributed by atoms with Gasteiger partial charge in [-0.2, -0.15) is 0 Å². The Hall–Kier alpha value is -0.0800. The molecule has 0 amide bonds. The minimum absolute atomic E-state index is 0.584. The summed E-state index contributed by atoms with van der Waals surface area (Å²) in [4.78, 5) is 2.77. The molecule has 2 rings (SSSR count). The van der Waals surface area contributed by atoms with Crippen molar-refractivity contribution in [2.45, 2.75) is 58.8 Å². The van der Waals surface area contributed by atoms with Crippen molar-refractivity contribution in [3.05, 3.63) is 0 Å². The molecule has 2 aliphatic heterocycles. The number of rotatable bonds is 4. The van der Waals surface area contributed by atoms with Crippen molar-refractivity contribution in [2.24, 2.45) is 11.3 Å². The van der Waals surface area contributed by atoms with Gasteiger partial charge in [-0.25, -0.2) is 0 Å². The van der Waals surface area contributed by atoms with Gasteiger partial charge in [0, 0.05) is 13.1 Å². The number of hydrogen-bond donors (Lipinski definition) is 1. The first kappa shape index (κ1) is 14.3. The van der Waals surface area contributed by atoms with E-state index >= 15 is 0 Å². The Bertz CT molecular complexity index is 228. The fourth-order valence-electron chi connectivity index (χ4n) is 3.94. The molecule has 0 saturated carbocycles. The Balaban J connectivity index is 1.90. The second-order valence-electron chi connectivity index (χ2n) is 6.84. The van der Waals surface area contributed by atoms with Gasteiger partial charge in [-0.3, -0.25) is 0 Å². The van der Waals surface area contributed by atoms with E-state index in [1.54, 1.807) is 0 Å². The highest BCUT2D eigenvalue weighted by atomic mass is 15.1. The quantitative estimate of drug-likeness (QED) is 0.826. The van der Waals surface area contributed by atoms with Crippen molar-refractivity contribution in [1.82, 2.24) is 10.2 Å². The highest BCUT2D eigenvalue weighted by Gasteiger charge is 2.33. The van der Waals surface area contributed by atoms with E-state index in [4.69, 9.17) is 0 Å². The molecule has 0 aromatic heterocycles. The van der Waals surface area contributed by atoms with Crippen LogP contribution in [-0.2, 0) is 0 Å². The summed E-state index contributed by atoms with van der Waals surface area (Å²) in [6.07, 6.45) is 9.84. The van der Waals surface area contributed by atoms with Gasteiger partial charge < -0.3 is 10.2 Å². The normalized spacial score (nSPS) is 35.3. The number of hydrogen-bond acceptors (Lipinski definition) is 2. The summed E-state index contributed by atoms with van der Waals surface area (Å²) >= 11 is 0. The molecule has 0 aliphatic carbocycles. The highest BCUT2D eigenvalue weighted by molar-refractivity contribution is 4.88. The van der Waals surface area contributed by atoms with E-state index < -0.39 is 0 Å². The summed E-state index contributed by atoms with van der Waals surface area (Å²) in [5, 5.41) is 3.65. The molecule has 0 spiro atoms. The van der Waals surface area contributed by atoms with Gasteiger partial charge in [-0.15, -0.1) is 0 Å². The Morgan fingerprint density at radius 1 is 1.22 bits per heavy atom. The summed E-state index contributed by atoms with van der Waals surface area (Å²) in [5.74, 6) is 0.946. The molecule has 2 aliphatic rings.